The summed E-state index contributed by atoms with van der Waals surface area (Å²) in [6.45, 7) is 1.53. The van der Waals surface area contributed by atoms with E-state index in [9.17, 15) is 9.11 Å². The molecule has 1 aliphatic heterocycles. The lowest BCUT2D eigenvalue weighted by atomic mass is 10.3. The van der Waals surface area contributed by atoms with E-state index >= 15 is 0 Å². The van der Waals surface area contributed by atoms with Gasteiger partial charge in [-0.2, -0.15) is 0 Å². The molecule has 11 heavy (non-hydrogen) atoms. The Kier molecular flexibility index (Phi) is 2.77. The van der Waals surface area contributed by atoms with Crippen LogP contribution in [0.4, 0.5) is 0 Å². The molecule has 1 rings (SSSR count). The van der Waals surface area contributed by atoms with Crippen molar-refractivity contribution >= 4 is 10.8 Å². The van der Waals surface area contributed by atoms with Gasteiger partial charge in [0.1, 0.15) is 0 Å². The lowest BCUT2D eigenvalue weighted by Crippen LogP contribution is -2.30. The quantitative estimate of drug-likeness (QED) is 0.581. The maximum Gasteiger partial charge on any atom is 0.0418 e. The number of hydrogen-bond acceptors (Lipinski definition) is 4. The van der Waals surface area contributed by atoms with Crippen molar-refractivity contribution in [2.45, 2.75) is 12.5 Å². The Labute approximate surface area is 69.1 Å². The fourth-order valence-electron chi connectivity index (χ4n) is 1.28. The summed E-state index contributed by atoms with van der Waals surface area (Å²) in [5.74, 6) is 0. The van der Waals surface area contributed by atoms with Crippen molar-refractivity contribution in [1.29, 1.82) is 0 Å². The van der Waals surface area contributed by atoms with Gasteiger partial charge in [-0.05, 0) is 13.5 Å². The maximum absolute atomic E-state index is 9.27. The van der Waals surface area contributed by atoms with Gasteiger partial charge in [-0.1, -0.05) is 0 Å². The summed E-state index contributed by atoms with van der Waals surface area (Å²) in [6, 6.07) is 0.418. The van der Waals surface area contributed by atoms with E-state index in [2.05, 4.69) is 5.32 Å². The summed E-state index contributed by atoms with van der Waals surface area (Å²) in [6.07, 6.45) is 2.48. The van der Waals surface area contributed by atoms with Crippen LogP contribution in [0, 0.1) is 0 Å². The predicted molar refractivity (Wildman–Crippen MR) is 47.8 cm³/mol. The summed E-state index contributed by atoms with van der Waals surface area (Å²) in [5.41, 5.74) is 0. The molecule has 1 unspecified atom stereocenters. The summed E-state index contributed by atoms with van der Waals surface area (Å²) < 4.78 is 20.3. The SMILES string of the molecule is CNC1CCN(S(C)(O)O)C1. The molecule has 1 heterocycles. The molecule has 0 aromatic rings. The number of nitrogens with zero attached hydrogens (tertiary/aromatic N) is 1. The highest BCUT2D eigenvalue weighted by atomic mass is 32.3. The number of likely N-dealkylation sites (N-methyl/N-ethyl adjacent to an activating group) is 1. The van der Waals surface area contributed by atoms with Crippen LogP contribution in [0.15, 0.2) is 0 Å². The van der Waals surface area contributed by atoms with E-state index in [-0.39, 0.29) is 0 Å². The molecule has 4 nitrogen and oxygen atoms in total. The van der Waals surface area contributed by atoms with Crippen molar-refractivity contribution in [3.63, 3.8) is 0 Å². The third-order valence-corrected chi connectivity index (χ3v) is 3.36. The van der Waals surface area contributed by atoms with E-state index in [1.165, 1.54) is 6.26 Å². The molecule has 0 spiro atoms. The third-order valence-electron chi connectivity index (χ3n) is 2.05. The lowest BCUT2D eigenvalue weighted by molar-refractivity contribution is 0.388. The summed E-state index contributed by atoms with van der Waals surface area (Å²) in [7, 11) is -0.554. The van der Waals surface area contributed by atoms with Crippen molar-refractivity contribution in [2.75, 3.05) is 26.4 Å². The molecule has 68 valence electrons. The maximum atomic E-state index is 9.27. The molecule has 5 heteroatoms. The minimum atomic E-state index is -2.45. The molecule has 0 bridgehead atoms. The van der Waals surface area contributed by atoms with E-state index in [1.54, 1.807) is 4.31 Å². The molecule has 1 aliphatic rings. The topological polar surface area (TPSA) is 55.7 Å². The first-order valence-electron chi connectivity index (χ1n) is 3.69. The molecular formula is C6H16N2O2S. The highest BCUT2D eigenvalue weighted by Crippen LogP contribution is 2.40. The highest BCUT2D eigenvalue weighted by Gasteiger charge is 2.27. The van der Waals surface area contributed by atoms with E-state index in [0.717, 1.165) is 19.5 Å². The van der Waals surface area contributed by atoms with Gasteiger partial charge in [0.05, 0.1) is 0 Å². The van der Waals surface area contributed by atoms with E-state index in [1.807, 2.05) is 7.05 Å². The Bertz CT molecular complexity index is 137. The van der Waals surface area contributed by atoms with Gasteiger partial charge in [0.25, 0.3) is 0 Å². The number of nitrogens with one attached hydrogen (secondary N) is 1. The monoisotopic (exact) mass is 180 g/mol. The standard InChI is InChI=1S/C6H16N2O2S/c1-7-6-3-4-8(5-6)11(2,9)10/h6-7,9-10H,3-5H2,1-2H3. The van der Waals surface area contributed by atoms with Crippen LogP contribution in [0.25, 0.3) is 0 Å². The van der Waals surface area contributed by atoms with Crippen LogP contribution >= 0.6 is 10.8 Å². The van der Waals surface area contributed by atoms with Crippen LogP contribution in [0.5, 0.6) is 0 Å². The number of rotatable bonds is 2. The average Bonchev–Trinajstić information content (AvgIpc) is 2.32. The highest BCUT2D eigenvalue weighted by molar-refractivity contribution is 8.21. The summed E-state index contributed by atoms with van der Waals surface area (Å²) >= 11 is 0. The first-order chi connectivity index (χ1) is 5.04. The zero-order chi connectivity index (χ0) is 8.48. The van der Waals surface area contributed by atoms with Crippen LogP contribution in [-0.2, 0) is 0 Å². The van der Waals surface area contributed by atoms with Crippen LogP contribution < -0.4 is 5.32 Å². The van der Waals surface area contributed by atoms with Crippen LogP contribution in [0.3, 0.4) is 0 Å². The molecule has 0 aromatic carbocycles. The molecular weight excluding hydrogens is 164 g/mol. The molecule has 0 radical (unpaired) electrons. The van der Waals surface area contributed by atoms with Gasteiger partial charge < -0.3 is 5.32 Å². The Balaban J connectivity index is 2.42. The number of hydrogen-bond donors (Lipinski definition) is 3. The van der Waals surface area contributed by atoms with Gasteiger partial charge >= 0.3 is 0 Å². The molecule has 0 aromatic heterocycles. The second-order valence-electron chi connectivity index (χ2n) is 2.95. The van der Waals surface area contributed by atoms with Crippen LogP contribution in [0.2, 0.25) is 0 Å². The van der Waals surface area contributed by atoms with Crippen molar-refractivity contribution in [2.24, 2.45) is 0 Å². The fourth-order valence-corrected chi connectivity index (χ4v) is 2.19. The molecule has 0 saturated carbocycles. The Morgan fingerprint density at radius 2 is 2.18 bits per heavy atom. The van der Waals surface area contributed by atoms with Gasteiger partial charge in [0.2, 0.25) is 0 Å². The van der Waals surface area contributed by atoms with E-state index in [4.69, 9.17) is 0 Å². The van der Waals surface area contributed by atoms with Crippen molar-refractivity contribution in [3.05, 3.63) is 0 Å². The average molecular weight is 180 g/mol. The Hall–Kier alpha value is 0.190. The van der Waals surface area contributed by atoms with Crippen molar-refractivity contribution in [3.8, 4) is 0 Å². The van der Waals surface area contributed by atoms with E-state index < -0.39 is 10.8 Å². The largest absolute Gasteiger partial charge is 0.316 e. The lowest BCUT2D eigenvalue weighted by Gasteiger charge is -2.36. The predicted octanol–water partition coefficient (Wildman–Crippen LogP) is 0.576. The van der Waals surface area contributed by atoms with Crippen LogP contribution in [0.1, 0.15) is 6.42 Å². The summed E-state index contributed by atoms with van der Waals surface area (Å²) in [4.78, 5) is 0. The molecule has 1 fully saturated rings. The fraction of sp³-hybridized carbons (Fsp3) is 1.00. The van der Waals surface area contributed by atoms with Gasteiger partial charge in [-0.15, -0.1) is 10.8 Å². The van der Waals surface area contributed by atoms with Gasteiger partial charge in [-0.25, -0.2) is 4.31 Å². The normalized spacial score (nSPS) is 29.3. The minimum absolute atomic E-state index is 0.418. The second-order valence-corrected chi connectivity index (χ2v) is 5.06. The Morgan fingerprint density at radius 1 is 1.55 bits per heavy atom. The first kappa shape index (κ1) is 9.28. The zero-order valence-electron chi connectivity index (χ0n) is 6.95. The van der Waals surface area contributed by atoms with Gasteiger partial charge in [0, 0.05) is 25.4 Å². The smallest absolute Gasteiger partial charge is 0.0418 e. The second kappa shape index (κ2) is 3.28. The Morgan fingerprint density at radius 3 is 2.45 bits per heavy atom. The summed E-state index contributed by atoms with van der Waals surface area (Å²) in [5, 5.41) is 3.12. The molecule has 1 atom stereocenters. The minimum Gasteiger partial charge on any atom is -0.316 e. The van der Waals surface area contributed by atoms with Crippen LogP contribution in [-0.4, -0.2) is 45.8 Å². The van der Waals surface area contributed by atoms with Crippen molar-refractivity contribution in [1.82, 2.24) is 9.62 Å². The third kappa shape index (κ3) is 2.31. The molecule has 0 amide bonds. The first-order valence-corrected chi connectivity index (χ1v) is 5.61. The zero-order valence-corrected chi connectivity index (χ0v) is 7.77. The van der Waals surface area contributed by atoms with E-state index in [0.29, 0.717) is 6.04 Å². The molecule has 1 saturated heterocycles. The van der Waals surface area contributed by atoms with Gasteiger partial charge in [0.15, 0.2) is 0 Å². The molecule has 0 aliphatic carbocycles. The van der Waals surface area contributed by atoms with Crippen molar-refractivity contribution < 1.29 is 9.11 Å². The molecule has 3 N–H and O–H groups in total. The van der Waals surface area contributed by atoms with Gasteiger partial charge in [-0.3, -0.25) is 9.11 Å².